The number of fused-ring (bicyclic) bond motifs is 1. The summed E-state index contributed by atoms with van der Waals surface area (Å²) in [5.41, 5.74) is 2.98. The molecule has 40 heavy (non-hydrogen) atoms. The molecule has 0 amide bonds. The maximum absolute atomic E-state index is 15.9. The molecule has 1 N–H and O–H groups in total. The number of nitrogens with one attached hydrogen (secondary N) is 1. The van der Waals surface area contributed by atoms with E-state index in [1.165, 1.54) is 17.0 Å². The Morgan fingerprint density at radius 2 is 1.77 bits per heavy atom. The first-order chi connectivity index (χ1) is 19.2. The van der Waals surface area contributed by atoms with Gasteiger partial charge < -0.3 is 15.0 Å². The Balaban J connectivity index is 1.31. The molecule has 4 nitrogen and oxygen atoms in total. The second-order valence-corrected chi connectivity index (χ2v) is 11.7. The van der Waals surface area contributed by atoms with Crippen molar-refractivity contribution >= 4 is 5.69 Å². The van der Waals surface area contributed by atoms with E-state index in [0.717, 1.165) is 57.1 Å². The van der Waals surface area contributed by atoms with Crippen molar-refractivity contribution in [1.82, 2.24) is 10.2 Å². The van der Waals surface area contributed by atoms with Gasteiger partial charge in [-0.1, -0.05) is 36.4 Å². The van der Waals surface area contributed by atoms with Gasteiger partial charge in [0.05, 0.1) is 12.6 Å². The van der Waals surface area contributed by atoms with Crippen molar-refractivity contribution in [2.45, 2.75) is 44.8 Å². The van der Waals surface area contributed by atoms with Gasteiger partial charge in [0.1, 0.15) is 24.0 Å². The van der Waals surface area contributed by atoms with E-state index in [0.29, 0.717) is 30.0 Å². The number of ether oxygens (including phenoxy) is 1. The molecular formula is C32H35F4N3O. The fraction of sp³-hybridized carbons (Fsp3) is 0.438. The number of benzene rings is 3. The summed E-state index contributed by atoms with van der Waals surface area (Å²) in [7, 11) is 0. The average Bonchev–Trinajstić information content (AvgIpc) is 3.57. The predicted molar refractivity (Wildman–Crippen MR) is 148 cm³/mol. The Bertz CT molecular complexity index is 1330. The molecule has 0 saturated carbocycles. The molecule has 3 aliphatic heterocycles. The van der Waals surface area contributed by atoms with Crippen molar-refractivity contribution in [3.05, 3.63) is 94.6 Å². The summed E-state index contributed by atoms with van der Waals surface area (Å²) < 4.78 is 66.3. The molecule has 3 heterocycles. The Hall–Kier alpha value is -3.10. The first kappa shape index (κ1) is 27.1. The predicted octanol–water partition coefficient (Wildman–Crippen LogP) is 6.34. The van der Waals surface area contributed by atoms with Crippen LogP contribution in [-0.4, -0.2) is 50.1 Å². The molecule has 6 rings (SSSR count). The van der Waals surface area contributed by atoms with Gasteiger partial charge >= 0.3 is 0 Å². The number of hydrogen-bond donors (Lipinski definition) is 1. The molecule has 212 valence electrons. The third-order valence-electron chi connectivity index (χ3n) is 8.64. The minimum atomic E-state index is -3.01. The lowest BCUT2D eigenvalue weighted by Crippen LogP contribution is -2.43. The van der Waals surface area contributed by atoms with Gasteiger partial charge in [0.2, 0.25) is 0 Å². The van der Waals surface area contributed by atoms with Gasteiger partial charge in [-0.2, -0.15) is 0 Å². The molecule has 0 aromatic heterocycles. The summed E-state index contributed by atoms with van der Waals surface area (Å²) in [4.78, 5) is 3.55. The van der Waals surface area contributed by atoms with Gasteiger partial charge in [0.25, 0.3) is 5.92 Å². The van der Waals surface area contributed by atoms with Crippen LogP contribution >= 0.6 is 0 Å². The lowest BCUT2D eigenvalue weighted by atomic mass is 9.86. The third-order valence-corrected chi connectivity index (χ3v) is 8.64. The van der Waals surface area contributed by atoms with Gasteiger partial charge in [-0.15, -0.1) is 0 Å². The summed E-state index contributed by atoms with van der Waals surface area (Å²) in [6.07, 6.45) is 2.52. The van der Waals surface area contributed by atoms with E-state index < -0.39 is 30.1 Å². The Kier molecular flexibility index (Phi) is 7.25. The monoisotopic (exact) mass is 553 g/mol. The first-order valence-electron chi connectivity index (χ1n) is 14.1. The van der Waals surface area contributed by atoms with Gasteiger partial charge in [0.15, 0.2) is 0 Å². The smallest absolute Gasteiger partial charge is 0.257 e. The fourth-order valence-corrected chi connectivity index (χ4v) is 6.67. The molecule has 0 radical (unpaired) electrons. The molecule has 8 heteroatoms. The topological polar surface area (TPSA) is 27.7 Å². The van der Waals surface area contributed by atoms with Crippen molar-refractivity contribution < 1.29 is 22.3 Å². The first-order valence-corrected chi connectivity index (χ1v) is 14.1. The second kappa shape index (κ2) is 10.7. The summed E-state index contributed by atoms with van der Waals surface area (Å²) in [6.45, 7) is 4.27. The molecule has 2 saturated heterocycles. The van der Waals surface area contributed by atoms with Crippen LogP contribution in [0, 0.1) is 17.0 Å². The van der Waals surface area contributed by atoms with Crippen LogP contribution in [0.2, 0.25) is 0 Å². The van der Waals surface area contributed by atoms with Gasteiger partial charge in [0, 0.05) is 49.8 Å². The normalized spacial score (nSPS) is 23.1. The van der Waals surface area contributed by atoms with Gasteiger partial charge in [-0.05, 0) is 66.8 Å². The largest absolute Gasteiger partial charge is 0.489 e. The molecule has 2 atom stereocenters. The quantitative estimate of drug-likeness (QED) is 0.346. The zero-order valence-electron chi connectivity index (χ0n) is 22.7. The van der Waals surface area contributed by atoms with Gasteiger partial charge in [-0.3, -0.25) is 4.90 Å². The number of hydrogen-bond acceptors (Lipinski definition) is 4. The Morgan fingerprint density at radius 3 is 2.48 bits per heavy atom. The number of nitrogens with zero attached hydrogens (tertiary/aromatic N) is 2. The summed E-state index contributed by atoms with van der Waals surface area (Å²) in [5, 5.41) is 3.40. The molecular weight excluding hydrogens is 518 g/mol. The van der Waals surface area contributed by atoms with Crippen LogP contribution in [0.25, 0.3) is 0 Å². The third kappa shape index (κ3) is 5.56. The minimum Gasteiger partial charge on any atom is -0.489 e. The van der Waals surface area contributed by atoms with Crippen LogP contribution in [0.5, 0.6) is 5.75 Å². The molecule has 2 fully saturated rings. The van der Waals surface area contributed by atoms with E-state index in [1.54, 1.807) is 12.1 Å². The molecule has 3 aliphatic rings. The van der Waals surface area contributed by atoms with E-state index in [1.807, 2.05) is 41.3 Å². The van der Waals surface area contributed by atoms with Gasteiger partial charge in [-0.25, -0.2) is 17.6 Å². The van der Waals surface area contributed by atoms with Crippen molar-refractivity contribution in [1.29, 1.82) is 0 Å². The Labute approximate surface area is 232 Å². The lowest BCUT2D eigenvalue weighted by molar-refractivity contribution is -0.0245. The van der Waals surface area contributed by atoms with Crippen LogP contribution in [-0.2, 0) is 13.0 Å². The zero-order chi connectivity index (χ0) is 27.9. The summed E-state index contributed by atoms with van der Waals surface area (Å²) in [6, 6.07) is 17.0. The number of anilines is 1. The molecule has 3 aromatic rings. The highest BCUT2D eigenvalue weighted by atomic mass is 19.3. The van der Waals surface area contributed by atoms with E-state index in [4.69, 9.17) is 4.74 Å². The second-order valence-electron chi connectivity index (χ2n) is 11.7. The highest BCUT2D eigenvalue weighted by molar-refractivity contribution is 5.53. The van der Waals surface area contributed by atoms with Crippen LogP contribution in [0.3, 0.4) is 0 Å². The van der Waals surface area contributed by atoms with E-state index >= 15 is 8.78 Å². The van der Waals surface area contributed by atoms with Crippen molar-refractivity contribution in [3.8, 4) is 5.75 Å². The number of rotatable bonds is 7. The lowest BCUT2D eigenvalue weighted by Gasteiger charge is -2.39. The van der Waals surface area contributed by atoms with E-state index in [2.05, 4.69) is 5.32 Å². The van der Waals surface area contributed by atoms with E-state index in [9.17, 15) is 8.78 Å². The maximum atomic E-state index is 15.9. The van der Waals surface area contributed by atoms with E-state index in [-0.39, 0.29) is 17.5 Å². The van der Waals surface area contributed by atoms with Crippen LogP contribution in [0.1, 0.15) is 48.1 Å². The fourth-order valence-electron chi connectivity index (χ4n) is 6.67. The highest BCUT2D eigenvalue weighted by Gasteiger charge is 2.42. The van der Waals surface area contributed by atoms with Crippen LogP contribution < -0.4 is 15.0 Å². The molecule has 1 spiro atoms. The highest BCUT2D eigenvalue weighted by Crippen LogP contribution is 2.43. The minimum absolute atomic E-state index is 0.151. The SMILES string of the molecule is CC(F)(F)CN1CCc2cc(OCc3ccccc3)ccc2C1c1c(F)cc(N2CCC3(CCNC3)C2)cc1F. The summed E-state index contributed by atoms with van der Waals surface area (Å²) >= 11 is 0. The van der Waals surface area contributed by atoms with Crippen LogP contribution in [0.15, 0.2) is 60.7 Å². The number of halogens is 4. The maximum Gasteiger partial charge on any atom is 0.257 e. The van der Waals surface area contributed by atoms with Crippen molar-refractivity contribution in [3.63, 3.8) is 0 Å². The van der Waals surface area contributed by atoms with Crippen molar-refractivity contribution in [2.75, 3.05) is 44.2 Å². The molecule has 0 bridgehead atoms. The molecule has 3 aromatic carbocycles. The van der Waals surface area contributed by atoms with Crippen molar-refractivity contribution in [2.24, 2.45) is 5.41 Å². The number of alkyl halides is 2. The standard InChI is InChI=1S/C32H35F4N3O/c1-31(35,36)20-39-13-9-23-15-25(40-18-22-5-3-2-4-6-22)7-8-26(23)30(39)29-27(33)16-24(17-28(29)34)38-14-11-32(21-38)10-12-37-19-32/h2-8,15-17,30,37H,9-14,18-21H2,1H3. The average molecular weight is 554 g/mol. The Morgan fingerprint density at radius 1 is 1.00 bits per heavy atom. The molecule has 2 unspecified atom stereocenters. The zero-order valence-corrected chi connectivity index (χ0v) is 22.7. The summed E-state index contributed by atoms with van der Waals surface area (Å²) in [5.74, 6) is -3.78. The van der Waals surface area contributed by atoms with Crippen LogP contribution in [0.4, 0.5) is 23.2 Å². The molecule has 0 aliphatic carbocycles.